The fourth-order valence-electron chi connectivity index (χ4n) is 5.66. The zero-order valence-electron chi connectivity index (χ0n) is 22.5. The van der Waals surface area contributed by atoms with E-state index in [0.717, 1.165) is 28.5 Å². The summed E-state index contributed by atoms with van der Waals surface area (Å²) in [5, 5.41) is 14.8. The molecule has 0 aromatic heterocycles. The van der Waals surface area contributed by atoms with Gasteiger partial charge >= 0.3 is 5.97 Å². The number of fused-ring (bicyclic) bond motifs is 1. The number of carboxylic acids is 1. The molecule has 9 heteroatoms. The van der Waals surface area contributed by atoms with Crippen molar-refractivity contribution in [3.63, 3.8) is 0 Å². The lowest BCUT2D eigenvalue weighted by Crippen LogP contribution is -2.32. The van der Waals surface area contributed by atoms with E-state index in [-0.39, 0.29) is 42.7 Å². The van der Waals surface area contributed by atoms with Crippen LogP contribution in [0.2, 0.25) is 0 Å². The third-order valence-electron chi connectivity index (χ3n) is 7.77. The molecule has 212 valence electrons. The van der Waals surface area contributed by atoms with Crippen molar-refractivity contribution >= 4 is 51.8 Å². The molecular weight excluding hydrogens is 563 g/mol. The first-order chi connectivity index (χ1) is 19.7. The Bertz CT molecular complexity index is 1550. The normalized spacial score (nSPS) is 20.4. The highest BCUT2D eigenvalue weighted by Crippen LogP contribution is 2.44. The number of amides is 2. The van der Waals surface area contributed by atoms with Crippen LogP contribution in [0.1, 0.15) is 51.6 Å². The van der Waals surface area contributed by atoms with Crippen LogP contribution in [0, 0.1) is 11.8 Å². The highest BCUT2D eigenvalue weighted by molar-refractivity contribution is 6.34. The van der Waals surface area contributed by atoms with Crippen LogP contribution in [0.25, 0.3) is 10.8 Å². The number of aliphatic carboxylic acids is 1. The molecule has 3 atom stereocenters. The molecule has 0 bridgehead atoms. The van der Waals surface area contributed by atoms with Crippen molar-refractivity contribution in [1.82, 2.24) is 10.2 Å². The molecule has 3 aromatic carbocycles. The van der Waals surface area contributed by atoms with Crippen molar-refractivity contribution in [3.05, 3.63) is 99.6 Å². The molecule has 2 aliphatic rings. The summed E-state index contributed by atoms with van der Waals surface area (Å²) >= 11 is 12.8. The van der Waals surface area contributed by atoms with Gasteiger partial charge in [-0.1, -0.05) is 47.5 Å². The molecule has 2 N–H and O–H groups in total. The number of carbonyl (C=O) groups excluding carboxylic acids is 2. The van der Waals surface area contributed by atoms with Crippen LogP contribution in [-0.4, -0.2) is 48.0 Å². The first-order valence-electron chi connectivity index (χ1n) is 13.4. The van der Waals surface area contributed by atoms with Crippen molar-refractivity contribution in [2.45, 2.75) is 25.3 Å². The summed E-state index contributed by atoms with van der Waals surface area (Å²) < 4.78 is 5.37. The zero-order chi connectivity index (χ0) is 29.1. The van der Waals surface area contributed by atoms with Crippen molar-refractivity contribution in [3.8, 4) is 5.75 Å². The minimum absolute atomic E-state index is 0.0308. The van der Waals surface area contributed by atoms with E-state index in [9.17, 15) is 14.4 Å². The SMILES string of the molecule is COc1ccc2cc([C@H]3C[C@@H](C4C=C(Cl)C=C(Cl)C4)CN3C(=O)c3ccc(C(=O)NCCC(=O)O)cc3)ccc2c1. The Balaban J connectivity index is 1.41. The number of rotatable bonds is 8. The number of nitrogens with zero attached hydrogens (tertiary/aromatic N) is 1. The maximum absolute atomic E-state index is 13.9. The van der Waals surface area contributed by atoms with E-state index < -0.39 is 5.97 Å². The maximum Gasteiger partial charge on any atom is 0.305 e. The molecule has 1 aliphatic carbocycles. The second-order valence-corrected chi connectivity index (χ2v) is 11.4. The second-order valence-electron chi connectivity index (χ2n) is 10.4. The predicted molar refractivity (Wildman–Crippen MR) is 159 cm³/mol. The number of hydrogen-bond acceptors (Lipinski definition) is 4. The van der Waals surface area contributed by atoms with Crippen LogP contribution in [0.15, 0.2) is 82.9 Å². The van der Waals surface area contributed by atoms with Gasteiger partial charge in [0, 0.05) is 34.3 Å². The van der Waals surface area contributed by atoms with E-state index in [4.69, 9.17) is 33.0 Å². The highest BCUT2D eigenvalue weighted by Gasteiger charge is 2.40. The van der Waals surface area contributed by atoms with E-state index >= 15 is 0 Å². The molecule has 1 saturated heterocycles. The summed E-state index contributed by atoms with van der Waals surface area (Å²) in [6.45, 7) is 0.570. The molecule has 1 fully saturated rings. The number of nitrogens with one attached hydrogen (secondary N) is 1. The first-order valence-corrected chi connectivity index (χ1v) is 14.2. The Kier molecular flexibility index (Phi) is 8.66. The number of allylic oxidation sites excluding steroid dienone is 4. The van der Waals surface area contributed by atoms with E-state index in [1.165, 1.54) is 0 Å². The number of benzene rings is 3. The van der Waals surface area contributed by atoms with Crippen LogP contribution in [-0.2, 0) is 4.79 Å². The standard InChI is InChI=1S/C32H30Cl2N2O5/c1-41-28-9-8-21-12-23(7-6-22(21)15-28)29-16-25(24-13-26(33)17-27(34)14-24)18-36(29)32(40)20-4-2-19(3-5-20)31(39)35-11-10-30(37)38/h2-9,12-13,15,17,24-25,29H,10-11,14,16,18H2,1H3,(H,35,39)(H,37,38)/t24?,25-,29-/m1/s1. The topological polar surface area (TPSA) is 95.9 Å². The van der Waals surface area contributed by atoms with Crippen molar-refractivity contribution in [2.24, 2.45) is 11.8 Å². The van der Waals surface area contributed by atoms with Gasteiger partial charge in [-0.2, -0.15) is 0 Å². The predicted octanol–water partition coefficient (Wildman–Crippen LogP) is 6.52. The van der Waals surface area contributed by atoms with Gasteiger partial charge < -0.3 is 20.1 Å². The van der Waals surface area contributed by atoms with Gasteiger partial charge in [0.25, 0.3) is 11.8 Å². The van der Waals surface area contributed by atoms with Gasteiger partial charge in [0.15, 0.2) is 0 Å². The van der Waals surface area contributed by atoms with E-state index in [2.05, 4.69) is 23.5 Å². The molecule has 2 amide bonds. The fraction of sp³-hybridized carbons (Fsp3) is 0.281. The summed E-state index contributed by atoms with van der Waals surface area (Å²) in [7, 11) is 1.64. The van der Waals surface area contributed by atoms with E-state index in [1.54, 1.807) is 37.5 Å². The lowest BCUT2D eigenvalue weighted by molar-refractivity contribution is -0.136. The van der Waals surface area contributed by atoms with Crippen LogP contribution >= 0.6 is 23.2 Å². The molecule has 5 rings (SSSR count). The molecule has 1 aliphatic heterocycles. The van der Waals surface area contributed by atoms with Crippen molar-refractivity contribution in [2.75, 3.05) is 20.2 Å². The third kappa shape index (κ3) is 6.58. The summed E-state index contributed by atoms with van der Waals surface area (Å²) in [5.41, 5.74) is 1.87. The van der Waals surface area contributed by atoms with Crippen LogP contribution in [0.5, 0.6) is 5.75 Å². The fourth-order valence-corrected chi connectivity index (χ4v) is 6.30. The van der Waals surface area contributed by atoms with Crippen LogP contribution in [0.4, 0.5) is 0 Å². The highest BCUT2D eigenvalue weighted by atomic mass is 35.5. The Morgan fingerprint density at radius 1 is 1.00 bits per heavy atom. The Morgan fingerprint density at radius 3 is 2.41 bits per heavy atom. The van der Waals surface area contributed by atoms with Crippen molar-refractivity contribution in [1.29, 1.82) is 0 Å². The van der Waals surface area contributed by atoms with E-state index in [1.807, 2.05) is 29.2 Å². The van der Waals surface area contributed by atoms with Gasteiger partial charge in [-0.25, -0.2) is 0 Å². The van der Waals surface area contributed by atoms with Crippen molar-refractivity contribution < 1.29 is 24.2 Å². The summed E-state index contributed by atoms with van der Waals surface area (Å²) in [4.78, 5) is 38.9. The number of halogens is 2. The third-order valence-corrected chi connectivity index (χ3v) is 8.27. The number of carbonyl (C=O) groups is 3. The van der Waals surface area contributed by atoms with Gasteiger partial charge in [-0.15, -0.1) is 0 Å². The molecule has 41 heavy (non-hydrogen) atoms. The maximum atomic E-state index is 13.9. The average Bonchev–Trinajstić information content (AvgIpc) is 3.41. The molecule has 7 nitrogen and oxygen atoms in total. The number of likely N-dealkylation sites (tertiary alicyclic amines) is 1. The van der Waals surface area contributed by atoms with Crippen LogP contribution < -0.4 is 10.1 Å². The van der Waals surface area contributed by atoms with Crippen LogP contribution in [0.3, 0.4) is 0 Å². The minimum Gasteiger partial charge on any atom is -0.497 e. The lowest BCUT2D eigenvalue weighted by atomic mass is 9.84. The summed E-state index contributed by atoms with van der Waals surface area (Å²) in [6.07, 6.45) is 5.08. The first kappa shape index (κ1) is 28.7. The monoisotopic (exact) mass is 592 g/mol. The number of carboxylic acid groups (broad SMARTS) is 1. The Hall–Kier alpha value is -3.81. The average molecular weight is 594 g/mol. The molecule has 1 unspecified atom stereocenters. The lowest BCUT2D eigenvalue weighted by Gasteiger charge is -2.26. The smallest absolute Gasteiger partial charge is 0.305 e. The van der Waals surface area contributed by atoms with Gasteiger partial charge in [0.05, 0.1) is 19.6 Å². The number of methoxy groups -OCH3 is 1. The largest absolute Gasteiger partial charge is 0.497 e. The van der Waals surface area contributed by atoms with Gasteiger partial charge in [-0.3, -0.25) is 14.4 Å². The summed E-state index contributed by atoms with van der Waals surface area (Å²) in [6, 6.07) is 18.5. The molecule has 1 heterocycles. The van der Waals surface area contributed by atoms with E-state index in [0.29, 0.717) is 34.2 Å². The summed E-state index contributed by atoms with van der Waals surface area (Å²) in [5.74, 6) is -0.443. The number of ether oxygens (including phenoxy) is 1. The van der Waals surface area contributed by atoms with Gasteiger partial charge in [-0.05, 0) is 89.6 Å². The van der Waals surface area contributed by atoms with Gasteiger partial charge in [0.2, 0.25) is 0 Å². The Morgan fingerprint density at radius 2 is 1.71 bits per heavy atom. The quantitative estimate of drug-likeness (QED) is 0.310. The van der Waals surface area contributed by atoms with Gasteiger partial charge in [0.1, 0.15) is 5.75 Å². The molecule has 0 saturated carbocycles. The molecule has 0 spiro atoms. The minimum atomic E-state index is -0.986. The Labute approximate surface area is 248 Å². The molecular formula is C32H30Cl2N2O5. The second kappa shape index (κ2) is 12.4. The molecule has 0 radical (unpaired) electrons. The zero-order valence-corrected chi connectivity index (χ0v) is 24.0. The number of hydrogen-bond donors (Lipinski definition) is 2. The molecule has 3 aromatic rings.